The Morgan fingerprint density at radius 2 is 1.52 bits per heavy atom. The van der Waals surface area contributed by atoms with Crippen LogP contribution < -0.4 is 0 Å². The third-order valence-electron chi connectivity index (χ3n) is 4.51. The zero-order valence-electron chi connectivity index (χ0n) is 14.9. The maximum atomic E-state index is 5.63. The summed E-state index contributed by atoms with van der Waals surface area (Å²) >= 11 is 0. The lowest BCUT2D eigenvalue weighted by Crippen LogP contribution is -2.60. The van der Waals surface area contributed by atoms with Crippen molar-refractivity contribution in [3.8, 4) is 0 Å². The first kappa shape index (κ1) is 18.9. The van der Waals surface area contributed by atoms with Crippen LogP contribution in [-0.4, -0.2) is 75.5 Å². The molecule has 0 N–H and O–H groups in total. The normalized spacial score (nSPS) is 22.0. The Bertz CT molecular complexity index is 256. The highest BCUT2D eigenvalue weighted by molar-refractivity contribution is 4.98. The number of ether oxygens (including phenoxy) is 2. The molecule has 0 aliphatic carbocycles. The molecule has 0 unspecified atom stereocenters. The summed E-state index contributed by atoms with van der Waals surface area (Å²) in [6, 6.07) is 0. The van der Waals surface area contributed by atoms with Gasteiger partial charge in [-0.1, -0.05) is 13.8 Å². The van der Waals surface area contributed by atoms with E-state index in [-0.39, 0.29) is 0 Å². The van der Waals surface area contributed by atoms with Crippen molar-refractivity contribution in [1.29, 1.82) is 0 Å². The molecule has 0 aromatic carbocycles. The second-order valence-corrected chi connectivity index (χ2v) is 6.46. The number of piperidine rings is 1. The standard InChI is InChI=1S/C15H30N2O2.C2H6/c1-14(2)19-11-9-16-6-4-15(5-7-16)12-17(13-15)8-10-18-3;1-2/h14H,4-13H2,1-3H3;1-2H3. The zero-order valence-corrected chi connectivity index (χ0v) is 14.9. The molecule has 0 saturated carbocycles. The Kier molecular flexibility index (Phi) is 8.79. The van der Waals surface area contributed by atoms with E-state index in [0.717, 1.165) is 26.3 Å². The second-order valence-electron chi connectivity index (χ2n) is 6.46. The third kappa shape index (κ3) is 6.23. The number of rotatable bonds is 7. The van der Waals surface area contributed by atoms with Crippen molar-refractivity contribution in [2.45, 2.75) is 46.6 Å². The minimum absolute atomic E-state index is 0.358. The molecule has 0 atom stereocenters. The Morgan fingerprint density at radius 1 is 0.952 bits per heavy atom. The Morgan fingerprint density at radius 3 is 2.05 bits per heavy atom. The summed E-state index contributed by atoms with van der Waals surface area (Å²) in [6.45, 7) is 17.2. The highest BCUT2D eigenvalue weighted by atomic mass is 16.5. The van der Waals surface area contributed by atoms with E-state index in [1.165, 1.54) is 39.0 Å². The van der Waals surface area contributed by atoms with Crippen molar-refractivity contribution in [3.05, 3.63) is 0 Å². The first-order valence-electron chi connectivity index (χ1n) is 8.69. The van der Waals surface area contributed by atoms with Gasteiger partial charge in [-0.15, -0.1) is 0 Å². The Hall–Kier alpha value is -0.160. The van der Waals surface area contributed by atoms with Crippen molar-refractivity contribution >= 4 is 0 Å². The summed E-state index contributed by atoms with van der Waals surface area (Å²) in [7, 11) is 1.78. The molecule has 2 fully saturated rings. The molecule has 4 heteroatoms. The Balaban J connectivity index is 0.00000106. The van der Waals surface area contributed by atoms with Crippen LogP contribution in [0.2, 0.25) is 0 Å². The van der Waals surface area contributed by atoms with E-state index in [0.29, 0.717) is 11.5 Å². The largest absolute Gasteiger partial charge is 0.383 e. The van der Waals surface area contributed by atoms with E-state index in [1.807, 2.05) is 13.8 Å². The number of hydrogen-bond donors (Lipinski definition) is 0. The molecule has 0 aromatic heterocycles. The summed E-state index contributed by atoms with van der Waals surface area (Å²) in [4.78, 5) is 5.09. The molecule has 21 heavy (non-hydrogen) atoms. The number of likely N-dealkylation sites (tertiary alicyclic amines) is 2. The van der Waals surface area contributed by atoms with Crippen molar-refractivity contribution in [1.82, 2.24) is 9.80 Å². The van der Waals surface area contributed by atoms with E-state index in [9.17, 15) is 0 Å². The third-order valence-corrected chi connectivity index (χ3v) is 4.51. The van der Waals surface area contributed by atoms with Gasteiger partial charge >= 0.3 is 0 Å². The summed E-state index contributed by atoms with van der Waals surface area (Å²) in [5.41, 5.74) is 0.628. The molecule has 2 aliphatic rings. The van der Waals surface area contributed by atoms with Crippen LogP contribution >= 0.6 is 0 Å². The predicted octanol–water partition coefficient (Wildman–Crippen LogP) is 2.48. The van der Waals surface area contributed by atoms with Crippen molar-refractivity contribution in [2.24, 2.45) is 5.41 Å². The summed E-state index contributed by atoms with van der Waals surface area (Å²) in [5, 5.41) is 0. The molecule has 0 radical (unpaired) electrons. The SMILES string of the molecule is CC.COCCN1CC2(CCN(CCOC(C)C)CC2)C1. The van der Waals surface area contributed by atoms with Crippen LogP contribution in [0.3, 0.4) is 0 Å². The fourth-order valence-electron chi connectivity index (χ4n) is 3.27. The fourth-order valence-corrected chi connectivity index (χ4v) is 3.27. The lowest BCUT2D eigenvalue weighted by Gasteiger charge is -2.54. The number of hydrogen-bond acceptors (Lipinski definition) is 4. The van der Waals surface area contributed by atoms with Crippen LogP contribution in [0.15, 0.2) is 0 Å². The molecule has 0 bridgehead atoms. The zero-order chi connectivity index (χ0) is 15.7. The minimum atomic E-state index is 0.358. The van der Waals surface area contributed by atoms with Gasteiger partial charge in [-0.25, -0.2) is 0 Å². The van der Waals surface area contributed by atoms with Crippen LogP contribution in [0.25, 0.3) is 0 Å². The van der Waals surface area contributed by atoms with Gasteiger partial charge < -0.3 is 14.4 Å². The highest BCUT2D eigenvalue weighted by Crippen LogP contribution is 2.39. The van der Waals surface area contributed by atoms with Gasteiger partial charge in [-0.3, -0.25) is 4.90 Å². The molecule has 2 saturated heterocycles. The van der Waals surface area contributed by atoms with Gasteiger partial charge in [-0.05, 0) is 45.2 Å². The van der Waals surface area contributed by atoms with E-state index >= 15 is 0 Å². The topological polar surface area (TPSA) is 24.9 Å². The highest BCUT2D eigenvalue weighted by Gasteiger charge is 2.44. The summed E-state index contributed by atoms with van der Waals surface area (Å²) in [5.74, 6) is 0. The van der Waals surface area contributed by atoms with Gasteiger partial charge in [-0.2, -0.15) is 0 Å². The van der Waals surface area contributed by atoms with Gasteiger partial charge in [0.05, 0.1) is 19.3 Å². The monoisotopic (exact) mass is 300 g/mol. The van der Waals surface area contributed by atoms with Crippen LogP contribution in [-0.2, 0) is 9.47 Å². The molecule has 0 amide bonds. The predicted molar refractivity (Wildman–Crippen MR) is 88.9 cm³/mol. The van der Waals surface area contributed by atoms with E-state index < -0.39 is 0 Å². The molecule has 126 valence electrons. The van der Waals surface area contributed by atoms with E-state index in [1.54, 1.807) is 7.11 Å². The van der Waals surface area contributed by atoms with E-state index in [4.69, 9.17) is 9.47 Å². The fraction of sp³-hybridized carbons (Fsp3) is 1.00. The van der Waals surface area contributed by atoms with Crippen LogP contribution in [0.4, 0.5) is 0 Å². The molecular formula is C17H36N2O2. The smallest absolute Gasteiger partial charge is 0.0596 e. The van der Waals surface area contributed by atoms with Crippen molar-refractivity contribution in [2.75, 3.05) is 59.6 Å². The molecule has 2 heterocycles. The van der Waals surface area contributed by atoms with Crippen molar-refractivity contribution < 1.29 is 9.47 Å². The number of nitrogens with zero attached hydrogens (tertiary/aromatic N) is 2. The van der Waals surface area contributed by atoms with Gasteiger partial charge in [0.2, 0.25) is 0 Å². The average Bonchev–Trinajstić information content (AvgIpc) is 2.46. The molecule has 1 spiro atoms. The molecular weight excluding hydrogens is 264 g/mol. The van der Waals surface area contributed by atoms with Gasteiger partial charge in [0.1, 0.15) is 0 Å². The van der Waals surface area contributed by atoms with Crippen molar-refractivity contribution in [3.63, 3.8) is 0 Å². The molecule has 2 rings (SSSR count). The maximum absolute atomic E-state index is 5.63. The minimum Gasteiger partial charge on any atom is -0.383 e. The quantitative estimate of drug-likeness (QED) is 0.721. The van der Waals surface area contributed by atoms with Gasteiger partial charge in [0.25, 0.3) is 0 Å². The lowest BCUT2D eigenvalue weighted by atomic mass is 9.72. The average molecular weight is 300 g/mol. The van der Waals surface area contributed by atoms with Crippen LogP contribution in [0.1, 0.15) is 40.5 Å². The van der Waals surface area contributed by atoms with Gasteiger partial charge in [0.15, 0.2) is 0 Å². The Labute approximate surface area is 131 Å². The van der Waals surface area contributed by atoms with Crippen LogP contribution in [0.5, 0.6) is 0 Å². The maximum Gasteiger partial charge on any atom is 0.0596 e. The lowest BCUT2D eigenvalue weighted by molar-refractivity contribution is -0.0583. The van der Waals surface area contributed by atoms with Crippen LogP contribution in [0, 0.1) is 5.41 Å². The van der Waals surface area contributed by atoms with Gasteiger partial charge in [0, 0.05) is 33.3 Å². The first-order valence-corrected chi connectivity index (χ1v) is 8.69. The molecule has 0 aromatic rings. The second kappa shape index (κ2) is 9.78. The summed E-state index contributed by atoms with van der Waals surface area (Å²) in [6.07, 6.45) is 3.08. The summed E-state index contributed by atoms with van der Waals surface area (Å²) < 4.78 is 10.8. The molecule has 2 aliphatic heterocycles. The number of methoxy groups -OCH3 is 1. The van der Waals surface area contributed by atoms with E-state index in [2.05, 4.69) is 23.6 Å². The molecule has 4 nitrogen and oxygen atoms in total. The first-order chi connectivity index (χ1) is 10.1.